The van der Waals surface area contributed by atoms with Gasteiger partial charge in [0.15, 0.2) is 5.96 Å². The Morgan fingerprint density at radius 3 is 2.61 bits per heavy atom. The van der Waals surface area contributed by atoms with Crippen molar-refractivity contribution >= 4 is 41.3 Å². The van der Waals surface area contributed by atoms with Gasteiger partial charge in [0, 0.05) is 18.5 Å². The summed E-state index contributed by atoms with van der Waals surface area (Å²) in [6, 6.07) is 5.69. The minimum atomic E-state index is -0.730. The molecule has 1 aromatic heterocycles. The number of ether oxygens (including phenoxy) is 1. The standard InChI is InChI=1S/C19H27FN4O2S.HI/c1-4-21-19(23-10-18-24-17(12-27-18)13(2)3)22-9-15(25)11-26-16-7-5-14(20)6-8-16;/h5-8,12-13,15,25H,4,9-11H2,1-3H3,(H2,21,22,23);1H. The summed E-state index contributed by atoms with van der Waals surface area (Å²) < 4.78 is 18.3. The fourth-order valence-electron chi connectivity index (χ4n) is 2.15. The average Bonchev–Trinajstić information content (AvgIpc) is 3.13. The van der Waals surface area contributed by atoms with E-state index in [-0.39, 0.29) is 42.9 Å². The quantitative estimate of drug-likeness (QED) is 0.267. The van der Waals surface area contributed by atoms with Gasteiger partial charge in [-0.25, -0.2) is 14.4 Å². The first-order chi connectivity index (χ1) is 13.0. The first-order valence-corrected chi connectivity index (χ1v) is 9.88. The lowest BCUT2D eigenvalue weighted by Crippen LogP contribution is -2.42. The Labute approximate surface area is 186 Å². The van der Waals surface area contributed by atoms with E-state index in [0.29, 0.717) is 30.7 Å². The van der Waals surface area contributed by atoms with Crippen LogP contribution in [0.3, 0.4) is 0 Å². The molecule has 0 saturated carbocycles. The number of guanidine groups is 1. The van der Waals surface area contributed by atoms with Gasteiger partial charge in [0.25, 0.3) is 0 Å². The van der Waals surface area contributed by atoms with Crippen molar-refractivity contribution in [2.75, 3.05) is 19.7 Å². The molecule has 2 rings (SSSR count). The molecule has 0 aliphatic heterocycles. The van der Waals surface area contributed by atoms with Gasteiger partial charge in [-0.1, -0.05) is 13.8 Å². The number of hydrogen-bond donors (Lipinski definition) is 3. The maximum atomic E-state index is 12.9. The summed E-state index contributed by atoms with van der Waals surface area (Å²) in [4.78, 5) is 9.07. The Morgan fingerprint density at radius 2 is 2.00 bits per heavy atom. The van der Waals surface area contributed by atoms with Crippen LogP contribution in [0, 0.1) is 5.82 Å². The summed E-state index contributed by atoms with van der Waals surface area (Å²) in [7, 11) is 0. The summed E-state index contributed by atoms with van der Waals surface area (Å²) in [5.41, 5.74) is 1.08. The van der Waals surface area contributed by atoms with E-state index in [9.17, 15) is 9.50 Å². The second kappa shape index (κ2) is 12.9. The number of nitrogens with one attached hydrogen (secondary N) is 2. The molecule has 0 fully saturated rings. The lowest BCUT2D eigenvalue weighted by molar-refractivity contribution is 0.110. The fourth-order valence-corrected chi connectivity index (χ4v) is 3.03. The number of rotatable bonds is 9. The zero-order chi connectivity index (χ0) is 19.6. The van der Waals surface area contributed by atoms with Crippen molar-refractivity contribution in [1.82, 2.24) is 15.6 Å². The Balaban J connectivity index is 0.00000392. The highest BCUT2D eigenvalue weighted by molar-refractivity contribution is 14.0. The predicted molar refractivity (Wildman–Crippen MR) is 122 cm³/mol. The Morgan fingerprint density at radius 1 is 1.29 bits per heavy atom. The van der Waals surface area contributed by atoms with Crippen LogP contribution in [0.25, 0.3) is 0 Å². The number of halogens is 2. The van der Waals surface area contributed by atoms with Gasteiger partial charge in [0.05, 0.1) is 12.2 Å². The summed E-state index contributed by atoms with van der Waals surface area (Å²) in [5, 5.41) is 19.3. The fraction of sp³-hybridized carbons (Fsp3) is 0.474. The molecule has 0 bridgehead atoms. The molecule has 1 unspecified atom stereocenters. The summed E-state index contributed by atoms with van der Waals surface area (Å²) >= 11 is 1.60. The van der Waals surface area contributed by atoms with Gasteiger partial charge in [-0.2, -0.15) is 0 Å². The molecule has 1 atom stereocenters. The molecular weight excluding hydrogens is 494 g/mol. The van der Waals surface area contributed by atoms with Crippen molar-refractivity contribution < 1.29 is 14.2 Å². The second-order valence-corrected chi connectivity index (χ2v) is 7.26. The van der Waals surface area contributed by atoms with Crippen molar-refractivity contribution in [2.24, 2.45) is 4.99 Å². The Hall–Kier alpha value is -1.46. The highest BCUT2D eigenvalue weighted by atomic mass is 127. The van der Waals surface area contributed by atoms with E-state index in [1.807, 2.05) is 6.92 Å². The Bertz CT molecular complexity index is 725. The molecule has 6 nitrogen and oxygen atoms in total. The first-order valence-electron chi connectivity index (χ1n) is 9.00. The number of benzene rings is 1. The van der Waals surface area contributed by atoms with Gasteiger partial charge in [0.1, 0.15) is 29.3 Å². The molecule has 156 valence electrons. The number of hydrogen-bond acceptors (Lipinski definition) is 5. The molecule has 0 amide bonds. The van der Waals surface area contributed by atoms with E-state index in [1.54, 1.807) is 11.3 Å². The summed E-state index contributed by atoms with van der Waals surface area (Å²) in [5.74, 6) is 1.21. The highest BCUT2D eigenvalue weighted by Crippen LogP contribution is 2.18. The van der Waals surface area contributed by atoms with Crippen LogP contribution in [0.2, 0.25) is 0 Å². The number of nitrogens with zero attached hydrogens (tertiary/aromatic N) is 2. The molecule has 3 N–H and O–H groups in total. The zero-order valence-electron chi connectivity index (χ0n) is 16.3. The number of aliphatic imine (C=N–C) groups is 1. The minimum Gasteiger partial charge on any atom is -0.491 e. The molecule has 1 heterocycles. The molecule has 0 aliphatic carbocycles. The smallest absolute Gasteiger partial charge is 0.191 e. The molecule has 0 saturated heterocycles. The molecule has 1 aromatic carbocycles. The molecule has 0 spiro atoms. The van der Waals surface area contributed by atoms with E-state index in [0.717, 1.165) is 10.7 Å². The SMILES string of the molecule is CCNC(=NCc1nc(C(C)C)cs1)NCC(O)COc1ccc(F)cc1.I. The van der Waals surface area contributed by atoms with Gasteiger partial charge in [0.2, 0.25) is 0 Å². The number of aliphatic hydroxyl groups excluding tert-OH is 1. The lowest BCUT2D eigenvalue weighted by atomic mass is 10.2. The number of thiazole rings is 1. The van der Waals surface area contributed by atoms with Crippen LogP contribution >= 0.6 is 35.3 Å². The van der Waals surface area contributed by atoms with Gasteiger partial charge >= 0.3 is 0 Å². The molecule has 0 aliphatic rings. The summed E-state index contributed by atoms with van der Waals surface area (Å²) in [6.45, 7) is 7.78. The van der Waals surface area contributed by atoms with Crippen LogP contribution < -0.4 is 15.4 Å². The second-order valence-electron chi connectivity index (χ2n) is 6.32. The van der Waals surface area contributed by atoms with E-state index in [4.69, 9.17) is 4.74 Å². The largest absolute Gasteiger partial charge is 0.491 e. The molecule has 0 radical (unpaired) electrons. The van der Waals surface area contributed by atoms with Gasteiger partial charge in [-0.15, -0.1) is 35.3 Å². The van der Waals surface area contributed by atoms with Crippen LogP contribution in [-0.4, -0.2) is 41.9 Å². The third-order valence-corrected chi connectivity index (χ3v) is 4.49. The van der Waals surface area contributed by atoms with Crippen LogP contribution in [0.15, 0.2) is 34.6 Å². The van der Waals surface area contributed by atoms with E-state index in [1.165, 1.54) is 24.3 Å². The van der Waals surface area contributed by atoms with Crippen LogP contribution in [-0.2, 0) is 6.54 Å². The van der Waals surface area contributed by atoms with Crippen molar-refractivity contribution in [2.45, 2.75) is 39.3 Å². The van der Waals surface area contributed by atoms with Crippen LogP contribution in [0.5, 0.6) is 5.75 Å². The lowest BCUT2D eigenvalue weighted by Gasteiger charge is -2.15. The van der Waals surface area contributed by atoms with Crippen molar-refractivity contribution in [3.8, 4) is 5.75 Å². The van der Waals surface area contributed by atoms with E-state index in [2.05, 4.69) is 39.8 Å². The van der Waals surface area contributed by atoms with E-state index < -0.39 is 6.10 Å². The molecular formula is C19H28FIN4O2S. The van der Waals surface area contributed by atoms with E-state index >= 15 is 0 Å². The highest BCUT2D eigenvalue weighted by Gasteiger charge is 2.08. The van der Waals surface area contributed by atoms with Gasteiger partial charge in [-0.05, 0) is 37.1 Å². The van der Waals surface area contributed by atoms with Crippen molar-refractivity contribution in [3.63, 3.8) is 0 Å². The van der Waals surface area contributed by atoms with Crippen LogP contribution in [0.1, 0.15) is 37.4 Å². The van der Waals surface area contributed by atoms with Crippen LogP contribution in [0.4, 0.5) is 4.39 Å². The van der Waals surface area contributed by atoms with Crippen molar-refractivity contribution in [1.29, 1.82) is 0 Å². The Kier molecular flexibility index (Phi) is 11.3. The molecule has 28 heavy (non-hydrogen) atoms. The summed E-state index contributed by atoms with van der Waals surface area (Å²) in [6.07, 6.45) is -0.730. The van der Waals surface area contributed by atoms with Crippen molar-refractivity contribution in [3.05, 3.63) is 46.2 Å². The minimum absolute atomic E-state index is 0. The molecule has 9 heteroatoms. The number of aromatic nitrogens is 1. The average molecular weight is 522 g/mol. The number of aliphatic hydroxyl groups is 1. The normalized spacial score (nSPS) is 12.4. The third kappa shape index (κ3) is 8.70. The van der Waals surface area contributed by atoms with Gasteiger partial charge < -0.3 is 20.5 Å². The maximum absolute atomic E-state index is 12.9. The monoisotopic (exact) mass is 522 g/mol. The molecule has 2 aromatic rings. The first kappa shape index (κ1) is 24.6. The van der Waals surface area contributed by atoms with Gasteiger partial charge in [-0.3, -0.25) is 0 Å². The topological polar surface area (TPSA) is 78.8 Å². The maximum Gasteiger partial charge on any atom is 0.191 e. The zero-order valence-corrected chi connectivity index (χ0v) is 19.5. The third-order valence-electron chi connectivity index (χ3n) is 3.64. The predicted octanol–water partition coefficient (Wildman–Crippen LogP) is 3.52.